The van der Waals surface area contributed by atoms with Crippen molar-refractivity contribution in [2.24, 2.45) is 0 Å². The largest absolute Gasteiger partial charge is 0.454 e. The number of hydrogen-bond acceptors (Lipinski definition) is 4. The van der Waals surface area contributed by atoms with E-state index in [4.69, 9.17) is 4.74 Å². The Morgan fingerprint density at radius 1 is 0.933 bits per heavy atom. The number of nitrogens with zero attached hydrogens (tertiary/aromatic N) is 1. The molecule has 0 fully saturated rings. The highest BCUT2D eigenvalue weighted by Crippen LogP contribution is 2.39. The van der Waals surface area contributed by atoms with Gasteiger partial charge in [-0.15, -0.1) is 0 Å². The molecule has 3 aromatic rings. The molecule has 1 aliphatic rings. The third-order valence-corrected chi connectivity index (χ3v) is 6.47. The maximum atomic E-state index is 13.0. The van der Waals surface area contributed by atoms with Crippen molar-refractivity contribution in [2.75, 3.05) is 16.7 Å². The fraction of sp³-hybridized carbons (Fsp3) is 0.174. The highest BCUT2D eigenvalue weighted by molar-refractivity contribution is 7.92. The van der Waals surface area contributed by atoms with Crippen molar-refractivity contribution in [1.82, 2.24) is 0 Å². The molecule has 1 N–H and O–H groups in total. The fourth-order valence-corrected chi connectivity index (χ4v) is 4.37. The van der Waals surface area contributed by atoms with Crippen molar-refractivity contribution in [3.8, 4) is 11.5 Å². The van der Waals surface area contributed by atoms with E-state index >= 15 is 0 Å². The minimum Gasteiger partial charge on any atom is -0.454 e. The van der Waals surface area contributed by atoms with Crippen LogP contribution in [-0.2, 0) is 10.0 Å². The van der Waals surface area contributed by atoms with Crippen LogP contribution in [0.3, 0.4) is 0 Å². The van der Waals surface area contributed by atoms with Crippen LogP contribution in [0.15, 0.2) is 71.6 Å². The highest BCUT2D eigenvalue weighted by Gasteiger charge is 2.26. The number of hydrogen-bond donors (Lipinski definition) is 1. The molecule has 154 valence electrons. The van der Waals surface area contributed by atoms with Crippen LogP contribution in [-0.4, -0.2) is 21.4 Å². The first-order chi connectivity index (χ1) is 14.3. The van der Waals surface area contributed by atoms with E-state index < -0.39 is 10.0 Å². The van der Waals surface area contributed by atoms with Crippen LogP contribution in [0, 0.1) is 0 Å². The standard InChI is InChI=1S/C23H22N2O4S/c1-15(2)16-8-11-18(12-9-16)30(27,28)24-17-10-13-21-19(14-17)23(26)25(3)20-6-4-5-7-22(20)29-21/h4-15,24H,1-3H3. The van der Waals surface area contributed by atoms with Gasteiger partial charge in [-0.3, -0.25) is 9.52 Å². The zero-order valence-electron chi connectivity index (χ0n) is 16.9. The lowest BCUT2D eigenvalue weighted by Gasteiger charge is -2.16. The van der Waals surface area contributed by atoms with Crippen LogP contribution in [0.4, 0.5) is 11.4 Å². The zero-order valence-corrected chi connectivity index (χ0v) is 17.7. The number of para-hydroxylation sites is 2. The Balaban J connectivity index is 1.65. The second kappa shape index (κ2) is 7.50. The summed E-state index contributed by atoms with van der Waals surface area (Å²) >= 11 is 0. The molecule has 6 nitrogen and oxygen atoms in total. The van der Waals surface area contributed by atoms with Gasteiger partial charge >= 0.3 is 0 Å². The molecular formula is C23H22N2O4S. The van der Waals surface area contributed by atoms with Crippen molar-refractivity contribution in [3.05, 3.63) is 77.9 Å². The minimum atomic E-state index is -3.79. The van der Waals surface area contributed by atoms with Crippen LogP contribution < -0.4 is 14.4 Å². The summed E-state index contributed by atoms with van der Waals surface area (Å²) in [6.07, 6.45) is 0. The Labute approximate surface area is 176 Å². The smallest absolute Gasteiger partial charge is 0.261 e. The van der Waals surface area contributed by atoms with Gasteiger partial charge in [0.25, 0.3) is 15.9 Å². The molecule has 7 heteroatoms. The molecule has 30 heavy (non-hydrogen) atoms. The second-order valence-corrected chi connectivity index (χ2v) is 9.16. The molecule has 0 bridgehead atoms. The summed E-state index contributed by atoms with van der Waals surface area (Å²) in [5.74, 6) is 0.968. The number of amides is 1. The molecule has 0 aliphatic carbocycles. The summed E-state index contributed by atoms with van der Waals surface area (Å²) in [4.78, 5) is 14.6. The summed E-state index contributed by atoms with van der Waals surface area (Å²) in [6.45, 7) is 4.09. The highest BCUT2D eigenvalue weighted by atomic mass is 32.2. The summed E-state index contributed by atoms with van der Waals surface area (Å²) in [5, 5.41) is 0. The van der Waals surface area contributed by atoms with Crippen molar-refractivity contribution < 1.29 is 17.9 Å². The van der Waals surface area contributed by atoms with E-state index in [1.54, 1.807) is 55.6 Å². The lowest BCUT2D eigenvalue weighted by atomic mass is 10.0. The summed E-state index contributed by atoms with van der Waals surface area (Å²) < 4.78 is 34.1. The van der Waals surface area contributed by atoms with Crippen LogP contribution in [0.1, 0.15) is 35.7 Å². The van der Waals surface area contributed by atoms with Gasteiger partial charge in [0.2, 0.25) is 0 Å². The van der Waals surface area contributed by atoms with Gasteiger partial charge in [0, 0.05) is 12.7 Å². The Bertz CT molecular complexity index is 1220. The van der Waals surface area contributed by atoms with Crippen molar-refractivity contribution in [1.29, 1.82) is 0 Å². The normalized spacial score (nSPS) is 13.3. The number of nitrogens with one attached hydrogen (secondary N) is 1. The van der Waals surface area contributed by atoms with E-state index in [-0.39, 0.29) is 22.1 Å². The lowest BCUT2D eigenvalue weighted by Crippen LogP contribution is -2.25. The van der Waals surface area contributed by atoms with E-state index in [1.165, 1.54) is 11.0 Å². The molecule has 0 saturated carbocycles. The van der Waals surface area contributed by atoms with Crippen LogP contribution in [0.5, 0.6) is 11.5 Å². The zero-order chi connectivity index (χ0) is 21.5. The number of ether oxygens (including phenoxy) is 1. The van der Waals surface area contributed by atoms with E-state index in [0.717, 1.165) is 5.56 Å². The van der Waals surface area contributed by atoms with Crippen LogP contribution in [0.25, 0.3) is 0 Å². The molecule has 0 spiro atoms. The van der Waals surface area contributed by atoms with Gasteiger partial charge < -0.3 is 9.64 Å². The molecule has 0 saturated heterocycles. The van der Waals surface area contributed by atoms with Gasteiger partial charge in [-0.25, -0.2) is 8.42 Å². The Morgan fingerprint density at radius 3 is 2.33 bits per heavy atom. The second-order valence-electron chi connectivity index (χ2n) is 7.47. The predicted octanol–water partition coefficient (Wildman–Crippen LogP) is 4.99. The molecule has 0 unspecified atom stereocenters. The molecule has 4 rings (SSSR count). The molecular weight excluding hydrogens is 400 g/mol. The quantitative estimate of drug-likeness (QED) is 0.642. The van der Waals surface area contributed by atoms with Gasteiger partial charge in [-0.2, -0.15) is 0 Å². The average molecular weight is 423 g/mol. The first-order valence-electron chi connectivity index (χ1n) is 9.58. The van der Waals surface area contributed by atoms with Crippen LogP contribution >= 0.6 is 0 Å². The number of anilines is 2. The number of sulfonamides is 1. The molecule has 0 radical (unpaired) electrons. The lowest BCUT2D eigenvalue weighted by molar-refractivity contribution is 0.0993. The van der Waals surface area contributed by atoms with Gasteiger partial charge in [-0.05, 0) is 53.9 Å². The van der Waals surface area contributed by atoms with Crippen LogP contribution in [0.2, 0.25) is 0 Å². The van der Waals surface area contributed by atoms with Gasteiger partial charge in [0.05, 0.1) is 16.1 Å². The maximum absolute atomic E-state index is 13.0. The van der Waals surface area contributed by atoms with E-state index in [1.807, 2.05) is 26.0 Å². The van der Waals surface area contributed by atoms with Gasteiger partial charge in [0.1, 0.15) is 5.75 Å². The Hall–Kier alpha value is -3.32. The van der Waals surface area contributed by atoms with Gasteiger partial charge in [-0.1, -0.05) is 38.1 Å². The van der Waals surface area contributed by atoms with Crippen molar-refractivity contribution in [2.45, 2.75) is 24.7 Å². The maximum Gasteiger partial charge on any atom is 0.261 e. The number of benzene rings is 3. The third kappa shape index (κ3) is 3.64. The Morgan fingerprint density at radius 2 is 1.63 bits per heavy atom. The monoisotopic (exact) mass is 422 g/mol. The molecule has 0 atom stereocenters. The number of fused-ring (bicyclic) bond motifs is 2. The first kappa shape index (κ1) is 20.0. The van der Waals surface area contributed by atoms with Crippen molar-refractivity contribution in [3.63, 3.8) is 0 Å². The van der Waals surface area contributed by atoms with E-state index in [0.29, 0.717) is 23.1 Å². The number of carbonyl (C=O) groups excluding carboxylic acids is 1. The van der Waals surface area contributed by atoms with Gasteiger partial charge in [0.15, 0.2) is 5.75 Å². The van der Waals surface area contributed by atoms with E-state index in [2.05, 4.69) is 4.72 Å². The molecule has 0 aromatic heterocycles. The van der Waals surface area contributed by atoms with E-state index in [9.17, 15) is 13.2 Å². The SMILES string of the molecule is CC(C)c1ccc(S(=O)(=O)Nc2ccc3c(c2)C(=O)N(C)c2ccccc2O3)cc1. The molecule has 1 aliphatic heterocycles. The first-order valence-corrected chi connectivity index (χ1v) is 11.1. The summed E-state index contributed by atoms with van der Waals surface area (Å²) in [5.41, 5.74) is 2.28. The minimum absolute atomic E-state index is 0.161. The third-order valence-electron chi connectivity index (χ3n) is 5.07. The predicted molar refractivity (Wildman–Crippen MR) is 117 cm³/mol. The van der Waals surface area contributed by atoms with Crippen molar-refractivity contribution >= 4 is 27.3 Å². The molecule has 1 heterocycles. The summed E-state index contributed by atoms with van der Waals surface area (Å²) in [7, 11) is -2.13. The fourth-order valence-electron chi connectivity index (χ4n) is 3.32. The number of rotatable bonds is 4. The summed E-state index contributed by atoms with van der Waals surface area (Å²) in [6, 6.07) is 18.7. The molecule has 3 aromatic carbocycles. The Kier molecular flexibility index (Phi) is 4.99. The topological polar surface area (TPSA) is 75.7 Å². The molecule has 1 amide bonds. The average Bonchev–Trinajstić information content (AvgIpc) is 2.83. The number of carbonyl (C=O) groups is 1.